The van der Waals surface area contributed by atoms with Gasteiger partial charge in [-0.2, -0.15) is 26.2 Å². The van der Waals surface area contributed by atoms with Crippen molar-refractivity contribution >= 4 is 7.81 Å². The molecule has 4 nitrogen and oxygen atoms in total. The molecular weight excluding hydrogens is 457 g/mol. The molecule has 2 atom stereocenters. The van der Waals surface area contributed by atoms with Gasteiger partial charge in [0, 0.05) is 0 Å². The number of hydrogen-bond donors (Lipinski definition) is 0. The molecule has 0 aromatic heterocycles. The molecular formula is C16H30CuF6N4P-3. The first-order valence-electron chi connectivity index (χ1n) is 9.56. The van der Waals surface area contributed by atoms with Crippen LogP contribution in [-0.2, 0) is 17.1 Å². The van der Waals surface area contributed by atoms with Crippen LogP contribution >= 0.6 is 7.81 Å². The summed E-state index contributed by atoms with van der Waals surface area (Å²) in [6, 6.07) is 1.19. The van der Waals surface area contributed by atoms with Gasteiger partial charge in [-0.25, -0.2) is 0 Å². The van der Waals surface area contributed by atoms with E-state index in [1.807, 2.05) is 0 Å². The molecule has 2 fully saturated rings. The average Bonchev–Trinajstić information content (AvgIpc) is 2.56. The summed E-state index contributed by atoms with van der Waals surface area (Å²) < 4.78 is 59.2. The Morgan fingerprint density at radius 2 is 1.00 bits per heavy atom. The van der Waals surface area contributed by atoms with E-state index in [-0.39, 0.29) is 17.1 Å². The van der Waals surface area contributed by atoms with Gasteiger partial charge in [-0.3, -0.25) is 0 Å². The molecule has 28 heavy (non-hydrogen) atoms. The van der Waals surface area contributed by atoms with Crippen molar-refractivity contribution in [2.45, 2.75) is 63.5 Å². The largest absolute Gasteiger partial charge is 2.00 e. The van der Waals surface area contributed by atoms with Gasteiger partial charge in [0.2, 0.25) is 0 Å². The quantitative estimate of drug-likeness (QED) is 0.138. The van der Waals surface area contributed by atoms with Crippen molar-refractivity contribution < 1.29 is 42.3 Å². The molecule has 2 unspecified atom stereocenters. The Hall–Kier alpha value is 0.369. The van der Waals surface area contributed by atoms with Crippen LogP contribution in [0.3, 0.4) is 0 Å². The maximum atomic E-state index is 9.87. The zero-order valence-corrected chi connectivity index (χ0v) is 17.7. The number of nitrogens with zero attached hydrogens (tertiary/aromatic N) is 4. The molecule has 2 aliphatic heterocycles. The molecule has 0 N–H and O–H groups in total. The molecule has 0 amide bonds. The molecule has 0 aromatic carbocycles. The molecule has 2 heterocycles. The first-order chi connectivity index (χ1) is 12.4. The van der Waals surface area contributed by atoms with Crippen LogP contribution in [0.5, 0.6) is 0 Å². The Balaban J connectivity index is 0.000000786. The summed E-state index contributed by atoms with van der Waals surface area (Å²) in [7, 11) is -10.7. The van der Waals surface area contributed by atoms with E-state index < -0.39 is 7.81 Å². The first kappa shape index (κ1) is 28.4. The monoisotopic (exact) mass is 486 g/mol. The van der Waals surface area contributed by atoms with Crippen LogP contribution < -0.4 is 0 Å². The second-order valence-corrected chi connectivity index (χ2v) is 8.91. The summed E-state index contributed by atoms with van der Waals surface area (Å²) in [5.74, 6) is 0. The average molecular weight is 487 g/mol. The second kappa shape index (κ2) is 12.3. The Kier molecular flexibility index (Phi) is 12.4. The van der Waals surface area contributed by atoms with Crippen molar-refractivity contribution in [3.63, 3.8) is 0 Å². The van der Waals surface area contributed by atoms with Gasteiger partial charge < -0.3 is 21.3 Å². The molecule has 2 aliphatic rings. The van der Waals surface area contributed by atoms with Gasteiger partial charge in [0.15, 0.2) is 0 Å². The minimum atomic E-state index is -10.7. The van der Waals surface area contributed by atoms with E-state index >= 15 is 0 Å². The van der Waals surface area contributed by atoms with Crippen molar-refractivity contribution in [1.82, 2.24) is 0 Å². The predicted molar refractivity (Wildman–Crippen MR) is 101 cm³/mol. The van der Waals surface area contributed by atoms with Crippen molar-refractivity contribution in [2.24, 2.45) is 0 Å². The Bertz CT molecular complexity index is 365. The van der Waals surface area contributed by atoms with E-state index in [0.29, 0.717) is 12.1 Å². The zero-order valence-electron chi connectivity index (χ0n) is 15.9. The number of hydrogen-bond acceptors (Lipinski definition) is 0. The normalized spacial score (nSPS) is 25.5. The van der Waals surface area contributed by atoms with E-state index in [0.717, 1.165) is 52.1 Å². The van der Waals surface area contributed by atoms with Gasteiger partial charge in [-0.05, 0) is 0 Å². The molecule has 2 saturated heterocycles. The molecule has 12 heteroatoms. The second-order valence-electron chi connectivity index (χ2n) is 6.99. The summed E-state index contributed by atoms with van der Waals surface area (Å²) in [4.78, 5) is 0. The minimum absolute atomic E-state index is 0. The molecule has 0 spiro atoms. The third-order valence-electron chi connectivity index (χ3n) is 4.32. The zero-order chi connectivity index (χ0) is 20.3. The maximum Gasteiger partial charge on any atom is 2.00 e. The van der Waals surface area contributed by atoms with Crippen LogP contribution in [0.15, 0.2) is 0 Å². The fourth-order valence-electron chi connectivity index (χ4n) is 3.03. The first-order valence-corrected chi connectivity index (χ1v) is 11.6. The van der Waals surface area contributed by atoms with E-state index in [1.165, 1.54) is 38.5 Å². The van der Waals surface area contributed by atoms with Crippen LogP contribution in [0.1, 0.15) is 51.4 Å². The standard InChI is InChI=1S/C16H30N4.Cu.F6P/c1-3-9-19-15(5-1)7-11-17-13-14-18-12-8-16-6-2-4-10-20-16;;1-7(2,3,4,5)6/h15-16H,1-14H2;;/q-4;+2;-1. The number of rotatable bonds is 9. The van der Waals surface area contributed by atoms with E-state index in [9.17, 15) is 25.2 Å². The summed E-state index contributed by atoms with van der Waals surface area (Å²) in [6.45, 7) is 5.89. The molecule has 0 aliphatic carbocycles. The van der Waals surface area contributed by atoms with E-state index in [2.05, 4.69) is 21.3 Å². The van der Waals surface area contributed by atoms with Gasteiger partial charge in [0.1, 0.15) is 0 Å². The summed E-state index contributed by atoms with van der Waals surface area (Å²) in [5, 5.41) is 18.4. The van der Waals surface area contributed by atoms with Crippen molar-refractivity contribution in [3.8, 4) is 0 Å². The third kappa shape index (κ3) is 22.7. The predicted octanol–water partition coefficient (Wildman–Crippen LogP) is 7.75. The van der Waals surface area contributed by atoms with Gasteiger partial charge in [-0.15, -0.1) is 25.2 Å². The minimum Gasteiger partial charge on any atom is 2.00 e. The summed E-state index contributed by atoms with van der Waals surface area (Å²) in [5.41, 5.74) is 0. The Morgan fingerprint density at radius 1 is 0.643 bits per heavy atom. The van der Waals surface area contributed by atoms with Gasteiger partial charge in [0.05, 0.1) is 0 Å². The van der Waals surface area contributed by atoms with Crippen LogP contribution in [0.25, 0.3) is 21.3 Å². The maximum absolute atomic E-state index is 10.7. The third-order valence-corrected chi connectivity index (χ3v) is 4.32. The molecule has 1 radical (unpaired) electrons. The number of piperidine rings is 2. The van der Waals surface area contributed by atoms with Crippen molar-refractivity contribution in [1.29, 1.82) is 0 Å². The van der Waals surface area contributed by atoms with Crippen LogP contribution in [0.4, 0.5) is 25.2 Å². The van der Waals surface area contributed by atoms with E-state index in [1.54, 1.807) is 0 Å². The molecule has 175 valence electrons. The van der Waals surface area contributed by atoms with Crippen molar-refractivity contribution in [2.75, 3.05) is 39.3 Å². The van der Waals surface area contributed by atoms with Gasteiger partial charge in [-0.1, -0.05) is 51.4 Å². The Morgan fingerprint density at radius 3 is 1.29 bits per heavy atom. The van der Waals surface area contributed by atoms with E-state index in [4.69, 9.17) is 0 Å². The van der Waals surface area contributed by atoms with Crippen LogP contribution in [0.2, 0.25) is 0 Å². The van der Waals surface area contributed by atoms with Gasteiger partial charge in [0.25, 0.3) is 0 Å². The molecule has 2 rings (SSSR count). The smallest absolute Gasteiger partial charge is 2.00 e. The van der Waals surface area contributed by atoms with Crippen molar-refractivity contribution in [3.05, 3.63) is 21.3 Å². The van der Waals surface area contributed by atoms with Gasteiger partial charge >= 0.3 is 50.1 Å². The van der Waals surface area contributed by atoms with Crippen LogP contribution in [-0.4, -0.2) is 51.4 Å². The molecule has 0 aromatic rings. The van der Waals surface area contributed by atoms with Crippen LogP contribution in [0, 0.1) is 0 Å². The Labute approximate surface area is 174 Å². The molecule has 0 bridgehead atoms. The molecule has 0 saturated carbocycles. The topological polar surface area (TPSA) is 56.4 Å². The summed E-state index contributed by atoms with van der Waals surface area (Å²) in [6.07, 6.45) is 10.2. The SMILES string of the molecule is C1CCC(CC[N-]CC[N-]CCC2CCCC[N-]2)[N-]C1.F[P-](F)(F)(F)(F)F.[Cu+2]. The fraction of sp³-hybridized carbons (Fsp3) is 1.00. The fourth-order valence-corrected chi connectivity index (χ4v) is 3.03. The number of halogens is 6. The summed E-state index contributed by atoms with van der Waals surface area (Å²) >= 11 is 0.